The van der Waals surface area contributed by atoms with Gasteiger partial charge in [-0.05, 0) is 28.5 Å². The van der Waals surface area contributed by atoms with E-state index in [-0.39, 0.29) is 0 Å². The summed E-state index contributed by atoms with van der Waals surface area (Å²) in [5.74, 6) is -0.947. The molecule has 2 aromatic rings. The van der Waals surface area contributed by atoms with E-state index in [1.807, 2.05) is 6.07 Å². The summed E-state index contributed by atoms with van der Waals surface area (Å²) in [6, 6.07) is 8.94. The molecule has 0 aromatic heterocycles. The summed E-state index contributed by atoms with van der Waals surface area (Å²) in [7, 11) is 3.05. The van der Waals surface area contributed by atoms with Crippen LogP contribution in [0.4, 0.5) is 0 Å². The van der Waals surface area contributed by atoms with Gasteiger partial charge in [0, 0.05) is 5.92 Å². The van der Waals surface area contributed by atoms with E-state index >= 15 is 0 Å². The highest BCUT2D eigenvalue weighted by Gasteiger charge is 2.34. The van der Waals surface area contributed by atoms with Crippen LogP contribution in [0.1, 0.15) is 24.8 Å². The van der Waals surface area contributed by atoms with Gasteiger partial charge in [0.25, 0.3) is 0 Å². The number of fused-ring (bicyclic) bond motifs is 1. The molecule has 0 aliphatic rings. The lowest BCUT2D eigenvalue weighted by atomic mass is 9.97. The molecule has 0 amide bonds. The Morgan fingerprint density at radius 1 is 0.871 bits per heavy atom. The molecule has 0 saturated heterocycles. The number of methoxy groups -OCH3 is 2. The second kappa shape index (κ2) is 10.7. The van der Waals surface area contributed by atoms with E-state index in [4.69, 9.17) is 19.3 Å². The van der Waals surface area contributed by atoms with Crippen LogP contribution >= 0.6 is 0 Å². The zero-order valence-corrected chi connectivity index (χ0v) is 17.4. The predicted molar refractivity (Wildman–Crippen MR) is 109 cm³/mol. The molecular weight excluding hydrogens is 412 g/mol. The molecule has 10 nitrogen and oxygen atoms in total. The molecular formula is C21H28O10. The minimum atomic E-state index is -2.07. The number of carboxylic acids is 1. The van der Waals surface area contributed by atoms with Crippen LogP contribution in [0.25, 0.3) is 10.8 Å². The number of aliphatic hydroxyl groups is 5. The molecule has 31 heavy (non-hydrogen) atoms. The van der Waals surface area contributed by atoms with Crippen molar-refractivity contribution in [3.05, 3.63) is 35.9 Å². The van der Waals surface area contributed by atoms with Gasteiger partial charge in [0.15, 0.2) is 24.1 Å². The Kier molecular flexibility index (Phi) is 8.57. The summed E-state index contributed by atoms with van der Waals surface area (Å²) in [5, 5.41) is 59.9. The number of aliphatic carboxylic acids is 1. The first-order valence-electron chi connectivity index (χ1n) is 9.52. The van der Waals surface area contributed by atoms with Crippen molar-refractivity contribution in [1.82, 2.24) is 0 Å². The first-order chi connectivity index (χ1) is 14.6. The van der Waals surface area contributed by atoms with Gasteiger partial charge in [-0.1, -0.05) is 25.1 Å². The van der Waals surface area contributed by atoms with Gasteiger partial charge in [0.05, 0.1) is 26.7 Å². The average molecular weight is 440 g/mol. The maximum atomic E-state index is 10.6. The molecule has 0 aliphatic heterocycles. The summed E-state index contributed by atoms with van der Waals surface area (Å²) in [4.78, 5) is 10.6. The van der Waals surface area contributed by atoms with Crippen LogP contribution in [-0.4, -0.2) is 81.7 Å². The van der Waals surface area contributed by atoms with Gasteiger partial charge in [-0.25, -0.2) is 0 Å². The molecule has 0 aliphatic carbocycles. The minimum absolute atomic E-state index is 0.532. The van der Waals surface area contributed by atoms with E-state index in [9.17, 15) is 30.3 Å². The van der Waals surface area contributed by atoms with Crippen LogP contribution in [0, 0.1) is 0 Å². The zero-order valence-electron chi connectivity index (χ0n) is 17.4. The third-order valence-corrected chi connectivity index (χ3v) is 5.02. The van der Waals surface area contributed by atoms with Gasteiger partial charge in [-0.3, -0.25) is 4.79 Å². The fourth-order valence-corrected chi connectivity index (χ4v) is 3.08. The largest absolute Gasteiger partial charge is 0.493 e. The average Bonchev–Trinajstić information content (AvgIpc) is 2.75. The van der Waals surface area contributed by atoms with Gasteiger partial charge >= 0.3 is 5.97 Å². The van der Waals surface area contributed by atoms with Gasteiger partial charge < -0.3 is 44.8 Å². The number of rotatable bonds is 11. The standard InChI is InChI=1S/C21H28O10/c1-10(20(27)31-21(28)19(26)18(25)14(22)9-17(23)24)11-4-5-12-7-15(29-2)16(30-3)8-13(12)6-11/h4-8,10,14,18-22,25-28H,9H2,1-3H3,(H,23,24). The van der Waals surface area contributed by atoms with Crippen molar-refractivity contribution in [3.8, 4) is 11.5 Å². The van der Waals surface area contributed by atoms with Crippen molar-refractivity contribution in [1.29, 1.82) is 0 Å². The summed E-state index contributed by atoms with van der Waals surface area (Å²) in [6.07, 6.45) is -10.3. The molecule has 6 atom stereocenters. The Morgan fingerprint density at radius 2 is 1.45 bits per heavy atom. The Bertz CT molecular complexity index is 886. The number of hydrogen-bond acceptors (Lipinski definition) is 9. The molecule has 2 aromatic carbocycles. The molecule has 0 spiro atoms. The van der Waals surface area contributed by atoms with E-state index in [2.05, 4.69) is 0 Å². The van der Waals surface area contributed by atoms with E-state index in [1.54, 1.807) is 31.2 Å². The van der Waals surface area contributed by atoms with Crippen LogP contribution in [0.2, 0.25) is 0 Å². The third-order valence-electron chi connectivity index (χ3n) is 5.02. The monoisotopic (exact) mass is 440 g/mol. The predicted octanol–water partition coefficient (Wildman–Crippen LogP) is 0.171. The first-order valence-corrected chi connectivity index (χ1v) is 9.52. The molecule has 6 N–H and O–H groups in total. The Balaban J connectivity index is 2.12. The van der Waals surface area contributed by atoms with Gasteiger partial charge in [0.2, 0.25) is 0 Å². The van der Waals surface area contributed by atoms with E-state index in [0.29, 0.717) is 17.1 Å². The smallest absolute Gasteiger partial charge is 0.306 e. The quantitative estimate of drug-likeness (QED) is 0.265. The van der Waals surface area contributed by atoms with Crippen LogP contribution in [-0.2, 0) is 9.53 Å². The van der Waals surface area contributed by atoms with Crippen molar-refractivity contribution >= 4 is 16.7 Å². The highest BCUT2D eigenvalue weighted by atomic mass is 16.7. The molecule has 0 bridgehead atoms. The molecule has 0 saturated carbocycles. The van der Waals surface area contributed by atoms with Crippen LogP contribution in [0.3, 0.4) is 0 Å². The molecule has 0 fully saturated rings. The Labute approximate surface area is 178 Å². The van der Waals surface area contributed by atoms with Crippen LogP contribution in [0.5, 0.6) is 11.5 Å². The normalized spacial score (nSPS) is 17.4. The van der Waals surface area contributed by atoms with Crippen molar-refractivity contribution in [3.63, 3.8) is 0 Å². The van der Waals surface area contributed by atoms with Crippen molar-refractivity contribution in [2.45, 2.75) is 50.2 Å². The van der Waals surface area contributed by atoms with E-state index in [1.165, 1.54) is 14.2 Å². The van der Waals surface area contributed by atoms with Crippen molar-refractivity contribution in [2.75, 3.05) is 14.2 Å². The lowest BCUT2D eigenvalue weighted by Crippen LogP contribution is -2.47. The second-order valence-electron chi connectivity index (χ2n) is 7.17. The lowest BCUT2D eigenvalue weighted by molar-refractivity contribution is -0.264. The zero-order chi connectivity index (χ0) is 23.3. The highest BCUT2D eigenvalue weighted by molar-refractivity contribution is 5.86. The molecule has 2 rings (SSSR count). The highest BCUT2D eigenvalue weighted by Crippen LogP contribution is 2.34. The Morgan fingerprint density at radius 3 is 2.00 bits per heavy atom. The number of aliphatic hydroxyl groups excluding tert-OH is 5. The first kappa shape index (κ1) is 24.8. The maximum Gasteiger partial charge on any atom is 0.306 e. The fraction of sp³-hybridized carbons (Fsp3) is 0.476. The van der Waals surface area contributed by atoms with E-state index < -0.39 is 49.2 Å². The van der Waals surface area contributed by atoms with Crippen molar-refractivity contribution in [2.24, 2.45) is 0 Å². The maximum absolute atomic E-state index is 10.6. The van der Waals surface area contributed by atoms with Gasteiger partial charge in [0.1, 0.15) is 12.2 Å². The number of carbonyl (C=O) groups is 1. The summed E-state index contributed by atoms with van der Waals surface area (Å²) in [6.45, 7) is 1.63. The SMILES string of the molecule is COc1cc2ccc(C(C)C(O)OC(O)C(O)C(O)C(O)CC(=O)O)cc2cc1OC. The molecule has 172 valence electrons. The lowest BCUT2D eigenvalue weighted by Gasteiger charge is -2.29. The second-order valence-corrected chi connectivity index (χ2v) is 7.17. The Hall–Kier alpha value is -2.47. The number of ether oxygens (including phenoxy) is 3. The molecule has 0 heterocycles. The van der Waals surface area contributed by atoms with E-state index in [0.717, 1.165) is 10.8 Å². The van der Waals surface area contributed by atoms with Gasteiger partial charge in [-0.15, -0.1) is 0 Å². The third kappa shape index (κ3) is 6.03. The topological polar surface area (TPSA) is 166 Å². The van der Waals surface area contributed by atoms with Crippen molar-refractivity contribution < 1.29 is 49.6 Å². The summed E-state index contributed by atoms with van der Waals surface area (Å²) < 4.78 is 15.6. The summed E-state index contributed by atoms with van der Waals surface area (Å²) in [5.41, 5.74) is 0.653. The summed E-state index contributed by atoms with van der Waals surface area (Å²) >= 11 is 0. The molecule has 10 heteroatoms. The van der Waals surface area contributed by atoms with Gasteiger partial charge in [-0.2, -0.15) is 0 Å². The molecule has 0 radical (unpaired) electrons. The van der Waals surface area contributed by atoms with Crippen LogP contribution in [0.15, 0.2) is 30.3 Å². The number of benzene rings is 2. The fourth-order valence-electron chi connectivity index (χ4n) is 3.08. The minimum Gasteiger partial charge on any atom is -0.493 e. The number of carboxylic acid groups (broad SMARTS) is 1. The van der Waals surface area contributed by atoms with Crippen LogP contribution < -0.4 is 9.47 Å². The molecule has 6 unspecified atom stereocenters. The number of hydrogen-bond donors (Lipinski definition) is 6.